The number of benzene rings is 1. The number of anilines is 5. The van der Waals surface area contributed by atoms with Crippen LogP contribution in [0.3, 0.4) is 0 Å². The van der Waals surface area contributed by atoms with Crippen molar-refractivity contribution in [2.45, 2.75) is 0 Å². The van der Waals surface area contributed by atoms with Crippen LogP contribution in [-0.2, 0) is 0 Å². The second-order valence-corrected chi connectivity index (χ2v) is 4.24. The summed E-state index contributed by atoms with van der Waals surface area (Å²) in [5, 5.41) is 6.35. The van der Waals surface area contributed by atoms with E-state index >= 15 is 0 Å². The third-order valence-corrected chi connectivity index (χ3v) is 2.71. The summed E-state index contributed by atoms with van der Waals surface area (Å²) in [6.07, 6.45) is 3.35. The molecule has 6 nitrogen and oxygen atoms in total. The molecule has 2 aromatic heterocycles. The lowest BCUT2D eigenvalue weighted by molar-refractivity contribution is 1.16. The first kappa shape index (κ1) is 12.0. The van der Waals surface area contributed by atoms with E-state index in [0.29, 0.717) is 11.6 Å². The van der Waals surface area contributed by atoms with Gasteiger partial charge in [-0.05, 0) is 36.4 Å². The van der Waals surface area contributed by atoms with E-state index in [-0.39, 0.29) is 0 Å². The molecule has 0 amide bonds. The Balaban J connectivity index is 1.75. The number of nitrogen functional groups attached to an aromatic ring is 1. The molecular formula is C14H14N6. The van der Waals surface area contributed by atoms with Crippen LogP contribution in [0.25, 0.3) is 0 Å². The minimum atomic E-state index is 0.707. The van der Waals surface area contributed by atoms with Gasteiger partial charge in [-0.3, -0.25) is 0 Å². The molecule has 0 saturated carbocycles. The van der Waals surface area contributed by atoms with Gasteiger partial charge in [0.15, 0.2) is 0 Å². The van der Waals surface area contributed by atoms with Crippen LogP contribution >= 0.6 is 0 Å². The number of nitrogens with one attached hydrogen (secondary N) is 3. The third kappa shape index (κ3) is 2.86. The van der Waals surface area contributed by atoms with Gasteiger partial charge in [0.1, 0.15) is 23.8 Å². The molecule has 0 radical (unpaired) electrons. The first-order valence-corrected chi connectivity index (χ1v) is 6.15. The van der Waals surface area contributed by atoms with Crippen molar-refractivity contribution in [2.75, 3.05) is 16.4 Å². The lowest BCUT2D eigenvalue weighted by atomic mass is 10.3. The molecule has 3 aromatic rings. The van der Waals surface area contributed by atoms with Gasteiger partial charge < -0.3 is 21.4 Å². The van der Waals surface area contributed by atoms with Gasteiger partial charge in [-0.2, -0.15) is 0 Å². The van der Waals surface area contributed by atoms with E-state index in [1.165, 1.54) is 6.33 Å². The van der Waals surface area contributed by atoms with E-state index in [4.69, 9.17) is 5.73 Å². The minimum Gasteiger partial charge on any atom is -0.399 e. The highest BCUT2D eigenvalue weighted by Crippen LogP contribution is 2.19. The Kier molecular flexibility index (Phi) is 3.20. The average molecular weight is 266 g/mol. The number of H-pyrrole nitrogens is 1. The van der Waals surface area contributed by atoms with Gasteiger partial charge in [-0.25, -0.2) is 9.97 Å². The van der Waals surface area contributed by atoms with Crippen molar-refractivity contribution in [3.05, 3.63) is 55.0 Å². The number of hydrogen-bond donors (Lipinski definition) is 4. The molecule has 0 saturated heterocycles. The van der Waals surface area contributed by atoms with Gasteiger partial charge in [0.05, 0.1) is 0 Å². The van der Waals surface area contributed by atoms with Crippen molar-refractivity contribution >= 4 is 28.8 Å². The lowest BCUT2D eigenvalue weighted by Gasteiger charge is -2.08. The Bertz CT molecular complexity index is 675. The highest BCUT2D eigenvalue weighted by molar-refractivity contribution is 5.62. The van der Waals surface area contributed by atoms with Gasteiger partial charge >= 0.3 is 0 Å². The summed E-state index contributed by atoms with van der Waals surface area (Å²) in [7, 11) is 0. The van der Waals surface area contributed by atoms with Crippen LogP contribution in [-0.4, -0.2) is 15.0 Å². The molecule has 6 heteroatoms. The van der Waals surface area contributed by atoms with Crippen molar-refractivity contribution < 1.29 is 0 Å². The van der Waals surface area contributed by atoms with Crippen LogP contribution in [0.2, 0.25) is 0 Å². The average Bonchev–Trinajstić information content (AvgIpc) is 2.95. The fourth-order valence-corrected chi connectivity index (χ4v) is 1.75. The van der Waals surface area contributed by atoms with Crippen LogP contribution in [0, 0.1) is 0 Å². The molecule has 0 aliphatic heterocycles. The van der Waals surface area contributed by atoms with Crippen molar-refractivity contribution in [1.82, 2.24) is 15.0 Å². The smallest absolute Gasteiger partial charge is 0.136 e. The first-order chi connectivity index (χ1) is 9.79. The molecule has 100 valence electrons. The molecule has 0 aliphatic carbocycles. The largest absolute Gasteiger partial charge is 0.399 e. The molecule has 5 N–H and O–H groups in total. The molecule has 3 rings (SSSR count). The van der Waals surface area contributed by atoms with Gasteiger partial charge in [0.2, 0.25) is 0 Å². The van der Waals surface area contributed by atoms with E-state index in [1.54, 1.807) is 0 Å². The predicted molar refractivity (Wildman–Crippen MR) is 80.2 cm³/mol. The van der Waals surface area contributed by atoms with Gasteiger partial charge in [-0.15, -0.1) is 0 Å². The molecule has 0 spiro atoms. The van der Waals surface area contributed by atoms with E-state index < -0.39 is 0 Å². The summed E-state index contributed by atoms with van der Waals surface area (Å²) in [6.45, 7) is 0. The van der Waals surface area contributed by atoms with Crippen molar-refractivity contribution in [2.24, 2.45) is 0 Å². The quantitative estimate of drug-likeness (QED) is 0.545. The predicted octanol–water partition coefficient (Wildman–Crippen LogP) is 2.87. The second kappa shape index (κ2) is 5.31. The first-order valence-electron chi connectivity index (χ1n) is 6.15. The minimum absolute atomic E-state index is 0.707. The van der Waals surface area contributed by atoms with Gasteiger partial charge in [-0.1, -0.05) is 0 Å². The number of rotatable bonds is 4. The number of aromatic amines is 1. The van der Waals surface area contributed by atoms with E-state index in [2.05, 4.69) is 25.6 Å². The van der Waals surface area contributed by atoms with Gasteiger partial charge in [0.25, 0.3) is 0 Å². The molecule has 0 unspecified atom stereocenters. The maximum Gasteiger partial charge on any atom is 0.136 e. The summed E-state index contributed by atoms with van der Waals surface area (Å²) < 4.78 is 0. The van der Waals surface area contributed by atoms with E-state index in [1.807, 2.05) is 48.7 Å². The summed E-state index contributed by atoms with van der Waals surface area (Å²) in [4.78, 5) is 11.4. The molecule has 2 heterocycles. The van der Waals surface area contributed by atoms with Crippen molar-refractivity contribution in [1.29, 1.82) is 0 Å². The van der Waals surface area contributed by atoms with E-state index in [9.17, 15) is 0 Å². The molecule has 0 atom stereocenters. The van der Waals surface area contributed by atoms with Crippen LogP contribution < -0.4 is 16.4 Å². The Hall–Kier alpha value is -3.02. The van der Waals surface area contributed by atoms with Crippen LogP contribution in [0.4, 0.5) is 28.8 Å². The molecular weight excluding hydrogens is 252 g/mol. The Morgan fingerprint density at radius 3 is 2.40 bits per heavy atom. The monoisotopic (exact) mass is 266 g/mol. The highest BCUT2D eigenvalue weighted by Gasteiger charge is 2.00. The molecule has 0 bridgehead atoms. The van der Waals surface area contributed by atoms with Crippen molar-refractivity contribution in [3.8, 4) is 0 Å². The number of nitrogens with zero attached hydrogens (tertiary/aromatic N) is 2. The normalized spacial score (nSPS) is 10.2. The van der Waals surface area contributed by atoms with Crippen LogP contribution in [0.15, 0.2) is 55.0 Å². The lowest BCUT2D eigenvalue weighted by Crippen LogP contribution is -1.98. The Labute approximate surface area is 116 Å². The third-order valence-electron chi connectivity index (χ3n) is 2.71. The summed E-state index contributed by atoms with van der Waals surface area (Å²) in [5.74, 6) is 2.29. The summed E-state index contributed by atoms with van der Waals surface area (Å²) in [5.41, 5.74) is 7.30. The second-order valence-electron chi connectivity index (χ2n) is 4.24. The number of aromatic nitrogens is 3. The molecule has 0 fully saturated rings. The van der Waals surface area contributed by atoms with Crippen LogP contribution in [0.5, 0.6) is 0 Å². The Morgan fingerprint density at radius 2 is 1.70 bits per heavy atom. The fraction of sp³-hybridized carbons (Fsp3) is 0. The molecule has 20 heavy (non-hydrogen) atoms. The Morgan fingerprint density at radius 1 is 0.950 bits per heavy atom. The number of nitrogens with two attached hydrogens (primary N) is 1. The maximum atomic E-state index is 5.65. The zero-order valence-electron chi connectivity index (χ0n) is 10.7. The van der Waals surface area contributed by atoms with E-state index in [0.717, 1.165) is 17.2 Å². The topological polar surface area (TPSA) is 91.7 Å². The highest BCUT2D eigenvalue weighted by atomic mass is 15.1. The van der Waals surface area contributed by atoms with Crippen LogP contribution in [0.1, 0.15) is 0 Å². The summed E-state index contributed by atoms with van der Waals surface area (Å²) >= 11 is 0. The molecule has 0 aliphatic rings. The number of hydrogen-bond acceptors (Lipinski definition) is 5. The summed E-state index contributed by atoms with van der Waals surface area (Å²) in [6, 6.07) is 13.1. The molecule has 1 aromatic carbocycles. The standard InChI is InChI=1S/C14H14N6/c15-10-3-5-11(6-4-10)19-13-8-14(18-9-17-13)20-12-2-1-7-16-12/h1-9,16H,15H2,(H2,17,18,19,20). The van der Waals surface area contributed by atoms with Gasteiger partial charge in [0, 0.05) is 23.6 Å². The van der Waals surface area contributed by atoms with Crippen molar-refractivity contribution in [3.63, 3.8) is 0 Å². The zero-order valence-corrected chi connectivity index (χ0v) is 10.7. The fourth-order valence-electron chi connectivity index (χ4n) is 1.75. The zero-order chi connectivity index (χ0) is 13.8. The SMILES string of the molecule is Nc1ccc(Nc2cc(Nc3ccc[nH]3)ncn2)cc1. The maximum absolute atomic E-state index is 5.65.